The van der Waals surface area contributed by atoms with Crippen LogP contribution in [0.5, 0.6) is 0 Å². The van der Waals surface area contributed by atoms with E-state index in [2.05, 4.69) is 376 Å². The molecule has 0 aliphatic heterocycles. The molecule has 0 radical (unpaired) electrons. The van der Waals surface area contributed by atoms with E-state index in [0.29, 0.717) is 0 Å². The summed E-state index contributed by atoms with van der Waals surface area (Å²) in [5, 5.41) is 12.6. The van der Waals surface area contributed by atoms with Crippen LogP contribution in [0.4, 0.5) is 0 Å². The Hall–Kier alpha value is -12.0. The summed E-state index contributed by atoms with van der Waals surface area (Å²) in [7, 11) is 0. The molecule has 17 aromatic rings. The highest BCUT2D eigenvalue weighted by Crippen LogP contribution is 2.48. The van der Waals surface area contributed by atoms with Crippen molar-refractivity contribution in [2.45, 2.75) is 0 Å². The predicted octanol–water partition coefficient (Wildman–Crippen LogP) is 25.8. The summed E-state index contributed by atoms with van der Waals surface area (Å²) in [6.07, 6.45) is 0. The first kappa shape index (κ1) is 55.4. The molecule has 92 heavy (non-hydrogen) atoms. The van der Waals surface area contributed by atoms with E-state index in [9.17, 15) is 0 Å². The van der Waals surface area contributed by atoms with Crippen molar-refractivity contribution < 1.29 is 0 Å². The molecule has 0 unspecified atom stereocenters. The van der Waals surface area contributed by atoms with Gasteiger partial charge in [0.05, 0.1) is 0 Å². The summed E-state index contributed by atoms with van der Waals surface area (Å²) in [4.78, 5) is 0. The number of benzene rings is 17. The van der Waals surface area contributed by atoms with E-state index in [4.69, 9.17) is 0 Å². The van der Waals surface area contributed by atoms with Gasteiger partial charge < -0.3 is 0 Å². The molecule has 17 rings (SSSR count). The lowest BCUT2D eigenvalue weighted by atomic mass is 9.84. The van der Waals surface area contributed by atoms with Gasteiger partial charge in [-0.15, -0.1) is 0 Å². The number of fused-ring (bicyclic) bond motifs is 5. The van der Waals surface area contributed by atoms with Gasteiger partial charge >= 0.3 is 0 Å². The van der Waals surface area contributed by atoms with E-state index in [-0.39, 0.29) is 0 Å². The van der Waals surface area contributed by atoms with Gasteiger partial charge in [0.25, 0.3) is 0 Å². The van der Waals surface area contributed by atoms with Crippen molar-refractivity contribution in [1.82, 2.24) is 0 Å². The first-order valence-electron chi connectivity index (χ1n) is 31.8. The van der Waals surface area contributed by atoms with Crippen molar-refractivity contribution >= 4 is 53.9 Å². The van der Waals surface area contributed by atoms with Gasteiger partial charge in [-0.05, 0) is 189 Å². The maximum Gasteiger partial charge on any atom is -0.00261 e. The number of rotatable bonds is 10. The van der Waals surface area contributed by atoms with E-state index in [1.807, 2.05) is 0 Å². The molecule has 0 aromatic heterocycles. The predicted molar refractivity (Wildman–Crippen MR) is 395 cm³/mol. The van der Waals surface area contributed by atoms with Crippen LogP contribution in [0, 0.1) is 0 Å². The van der Waals surface area contributed by atoms with Crippen LogP contribution in [0.15, 0.2) is 376 Å². The minimum atomic E-state index is 1.22. The minimum absolute atomic E-state index is 1.22. The average Bonchev–Trinajstić information content (AvgIpc) is 0.788. The van der Waals surface area contributed by atoms with E-state index in [0.717, 1.165) is 0 Å². The molecule has 430 valence electrons. The quantitative estimate of drug-likeness (QED) is 0.120. The molecule has 0 atom stereocenters. The summed E-state index contributed by atoms with van der Waals surface area (Å²) in [6, 6.07) is 137. The molecule has 0 heteroatoms. The van der Waals surface area contributed by atoms with Crippen LogP contribution >= 0.6 is 0 Å². The SMILES string of the molecule is c1ccc(-c2ccc(-c3c4ccccc4c(-c4cccc(-c5ccccc5)c4)c4ccc(-c5cccc6ccccc56)cc34)cc2)cc1.c1ccc(-c2ccc(-c3c4ccccc4c(-c4cccc(-c5ccccc5)c4)c4ccc(-c5ccccc5)cc34)cc2)cc1. The lowest BCUT2D eigenvalue weighted by Crippen LogP contribution is -1.92. The van der Waals surface area contributed by atoms with Gasteiger partial charge in [0, 0.05) is 0 Å². The molecule has 0 amide bonds. The monoisotopic (exact) mass is 1170 g/mol. The molecule has 0 saturated heterocycles. The fourth-order valence-electron chi connectivity index (χ4n) is 13.9. The van der Waals surface area contributed by atoms with Crippen LogP contribution in [0.3, 0.4) is 0 Å². The lowest BCUT2D eigenvalue weighted by molar-refractivity contribution is 1.60. The summed E-state index contributed by atoms with van der Waals surface area (Å²) >= 11 is 0. The number of hydrogen-bond donors (Lipinski definition) is 0. The molecule has 0 aliphatic rings. The fourth-order valence-corrected chi connectivity index (χ4v) is 13.9. The van der Waals surface area contributed by atoms with Gasteiger partial charge in [-0.25, -0.2) is 0 Å². The maximum absolute atomic E-state index is 2.43. The Labute approximate surface area is 537 Å². The molecule has 0 spiro atoms. The van der Waals surface area contributed by atoms with Gasteiger partial charge in [0.1, 0.15) is 0 Å². The molecule has 0 heterocycles. The maximum atomic E-state index is 2.43. The van der Waals surface area contributed by atoms with Gasteiger partial charge in [0.15, 0.2) is 0 Å². The third kappa shape index (κ3) is 10.6. The van der Waals surface area contributed by atoms with Crippen molar-refractivity contribution in [3.8, 4) is 111 Å². The number of hydrogen-bond acceptors (Lipinski definition) is 0. The second-order valence-electron chi connectivity index (χ2n) is 23.8. The van der Waals surface area contributed by atoms with Crippen LogP contribution in [0.25, 0.3) is 165 Å². The summed E-state index contributed by atoms with van der Waals surface area (Å²) in [5.74, 6) is 0. The Kier molecular flexibility index (Phi) is 14.8. The van der Waals surface area contributed by atoms with Crippen molar-refractivity contribution in [2.75, 3.05) is 0 Å². The molecule has 17 aromatic carbocycles. The summed E-state index contributed by atoms with van der Waals surface area (Å²) in [5.41, 5.74) is 24.7. The van der Waals surface area contributed by atoms with Crippen molar-refractivity contribution in [3.63, 3.8) is 0 Å². The highest BCUT2D eigenvalue weighted by Gasteiger charge is 2.21. The van der Waals surface area contributed by atoms with E-state index >= 15 is 0 Å². The molecular formula is C92H62. The topological polar surface area (TPSA) is 0 Å². The fraction of sp³-hybridized carbons (Fsp3) is 0. The molecule has 0 aliphatic carbocycles. The third-order valence-corrected chi connectivity index (χ3v) is 18.3. The first-order valence-corrected chi connectivity index (χ1v) is 31.8. The standard InChI is InChI=1S/C48H32.C44H30/c1-3-13-33(14-4-1)35-25-27-37(28-26-35)47-43-22-9-10-23-44(43)48(40-20-11-19-38(31-40)34-15-5-2-6-16-34)45-30-29-39(32-46(45)47)42-24-12-18-36-17-7-8-21-41(36)42;1-4-13-31(14-5-1)34-23-25-35(26-24-34)43-39-21-10-11-22-40(39)44(38-20-12-19-36(29-38)32-15-6-2-7-16-32)41-28-27-37(30-42(41)43)33-17-8-3-9-18-33/h1-32H;1-30H. The first-order chi connectivity index (χ1) is 45.6. The van der Waals surface area contributed by atoms with E-state index in [1.54, 1.807) is 0 Å². The zero-order valence-corrected chi connectivity index (χ0v) is 50.8. The molecule has 0 nitrogen and oxygen atoms in total. The summed E-state index contributed by atoms with van der Waals surface area (Å²) in [6.45, 7) is 0. The zero-order chi connectivity index (χ0) is 61.2. The van der Waals surface area contributed by atoms with Crippen molar-refractivity contribution in [2.24, 2.45) is 0 Å². The normalized spacial score (nSPS) is 11.3. The lowest BCUT2D eigenvalue weighted by Gasteiger charge is -2.19. The van der Waals surface area contributed by atoms with Crippen LogP contribution in [0.1, 0.15) is 0 Å². The van der Waals surface area contributed by atoms with E-state index < -0.39 is 0 Å². The van der Waals surface area contributed by atoms with Gasteiger partial charge in [0.2, 0.25) is 0 Å². The van der Waals surface area contributed by atoms with E-state index in [1.165, 1.54) is 165 Å². The summed E-state index contributed by atoms with van der Waals surface area (Å²) < 4.78 is 0. The molecule has 0 saturated carbocycles. The molecular weight excluding hydrogens is 1110 g/mol. The van der Waals surface area contributed by atoms with Gasteiger partial charge in [-0.1, -0.05) is 352 Å². The third-order valence-electron chi connectivity index (χ3n) is 18.3. The highest BCUT2D eigenvalue weighted by molar-refractivity contribution is 6.24. The Morgan fingerprint density at radius 1 is 0.109 bits per heavy atom. The van der Waals surface area contributed by atoms with Crippen LogP contribution in [0.2, 0.25) is 0 Å². The Balaban J connectivity index is 0.000000147. The van der Waals surface area contributed by atoms with Crippen LogP contribution < -0.4 is 0 Å². The van der Waals surface area contributed by atoms with Gasteiger partial charge in [-0.2, -0.15) is 0 Å². The minimum Gasteiger partial charge on any atom is -0.0622 e. The zero-order valence-electron chi connectivity index (χ0n) is 50.8. The van der Waals surface area contributed by atoms with Crippen LogP contribution in [-0.4, -0.2) is 0 Å². The van der Waals surface area contributed by atoms with Crippen molar-refractivity contribution in [1.29, 1.82) is 0 Å². The smallest absolute Gasteiger partial charge is 0.00261 e. The molecule has 0 bridgehead atoms. The highest BCUT2D eigenvalue weighted by atomic mass is 14.2. The van der Waals surface area contributed by atoms with Gasteiger partial charge in [-0.3, -0.25) is 0 Å². The molecule has 0 fully saturated rings. The molecule has 0 N–H and O–H groups in total. The van der Waals surface area contributed by atoms with Crippen LogP contribution in [-0.2, 0) is 0 Å². The van der Waals surface area contributed by atoms with Crippen molar-refractivity contribution in [3.05, 3.63) is 376 Å². The largest absolute Gasteiger partial charge is 0.0622 e. The second-order valence-corrected chi connectivity index (χ2v) is 23.8. The Bertz CT molecular complexity index is 5490. The Morgan fingerprint density at radius 2 is 0.348 bits per heavy atom. The second kappa shape index (κ2) is 24.5. The average molecular weight is 1170 g/mol. The Morgan fingerprint density at radius 3 is 0.761 bits per heavy atom.